The molecule has 1 saturated heterocycles. The Morgan fingerprint density at radius 1 is 1.33 bits per heavy atom. The van der Waals surface area contributed by atoms with Crippen LogP contribution in [0.15, 0.2) is 18.2 Å². The molecule has 2 unspecified atom stereocenters. The number of amides is 2. The topological polar surface area (TPSA) is 49.4 Å². The van der Waals surface area contributed by atoms with Crippen LogP contribution in [0.1, 0.15) is 32.8 Å². The second kappa shape index (κ2) is 5.85. The zero-order valence-electron chi connectivity index (χ0n) is 12.2. The van der Waals surface area contributed by atoms with Gasteiger partial charge in [-0.05, 0) is 38.0 Å². The van der Waals surface area contributed by atoms with E-state index in [1.165, 1.54) is 0 Å². The van der Waals surface area contributed by atoms with E-state index in [1.54, 1.807) is 36.9 Å². The van der Waals surface area contributed by atoms with Crippen LogP contribution in [0.2, 0.25) is 10.0 Å². The summed E-state index contributed by atoms with van der Waals surface area (Å²) >= 11 is 12.0. The molecule has 0 saturated carbocycles. The van der Waals surface area contributed by atoms with Gasteiger partial charge in [0.15, 0.2) is 0 Å². The van der Waals surface area contributed by atoms with E-state index in [2.05, 4.69) is 5.32 Å². The Labute approximate surface area is 134 Å². The minimum atomic E-state index is -0.859. The highest BCUT2D eigenvalue weighted by atomic mass is 35.5. The van der Waals surface area contributed by atoms with Gasteiger partial charge < -0.3 is 10.2 Å². The summed E-state index contributed by atoms with van der Waals surface area (Å²) in [5.74, 6) is -0.243. The number of carbonyl (C=O) groups is 2. The van der Waals surface area contributed by atoms with Crippen molar-refractivity contribution in [3.63, 3.8) is 0 Å². The van der Waals surface area contributed by atoms with Gasteiger partial charge in [-0.25, -0.2) is 0 Å². The Hall–Kier alpha value is -1.26. The molecule has 1 aromatic rings. The Balaban J connectivity index is 2.31. The van der Waals surface area contributed by atoms with E-state index in [-0.39, 0.29) is 11.8 Å². The van der Waals surface area contributed by atoms with Crippen molar-refractivity contribution in [3.8, 4) is 0 Å². The molecule has 1 N–H and O–H groups in total. The molecule has 0 aliphatic carbocycles. The van der Waals surface area contributed by atoms with Crippen LogP contribution < -0.4 is 5.32 Å². The molecule has 2 amide bonds. The molecule has 4 nitrogen and oxygen atoms in total. The number of rotatable bonds is 3. The number of nitrogens with one attached hydrogen (secondary N) is 1. The third-order valence-electron chi connectivity index (χ3n) is 4.04. The van der Waals surface area contributed by atoms with E-state index < -0.39 is 11.6 Å². The predicted molar refractivity (Wildman–Crippen MR) is 83.3 cm³/mol. The van der Waals surface area contributed by atoms with Crippen LogP contribution in [-0.2, 0) is 16.1 Å². The molecule has 1 heterocycles. The summed E-state index contributed by atoms with van der Waals surface area (Å²) in [6.45, 7) is 5.63. The summed E-state index contributed by atoms with van der Waals surface area (Å²) in [5, 5.41) is 3.83. The molecule has 0 spiro atoms. The number of benzene rings is 1. The van der Waals surface area contributed by atoms with Crippen molar-refractivity contribution in [2.45, 2.75) is 45.3 Å². The first kappa shape index (κ1) is 16.1. The lowest BCUT2D eigenvalue weighted by molar-refractivity contribution is -0.154. The molecule has 6 heteroatoms. The molecule has 1 fully saturated rings. The van der Waals surface area contributed by atoms with Crippen LogP contribution >= 0.6 is 23.2 Å². The van der Waals surface area contributed by atoms with Crippen LogP contribution in [0.5, 0.6) is 0 Å². The number of carbonyl (C=O) groups excluding carboxylic acids is 2. The molecule has 21 heavy (non-hydrogen) atoms. The molecule has 2 rings (SSSR count). The SMILES string of the molecule is CCC1(C)NC(=O)C(C)N(Cc2ccc(Cl)cc2Cl)C1=O. The fraction of sp³-hybridized carbons (Fsp3) is 0.467. The van der Waals surface area contributed by atoms with Crippen LogP contribution in [0.3, 0.4) is 0 Å². The van der Waals surface area contributed by atoms with Crippen molar-refractivity contribution < 1.29 is 9.59 Å². The highest BCUT2D eigenvalue weighted by Gasteiger charge is 2.45. The van der Waals surface area contributed by atoms with Crippen molar-refractivity contribution >= 4 is 35.0 Å². The van der Waals surface area contributed by atoms with Crippen molar-refractivity contribution in [1.82, 2.24) is 10.2 Å². The van der Waals surface area contributed by atoms with E-state index in [4.69, 9.17) is 23.2 Å². The van der Waals surface area contributed by atoms with Gasteiger partial charge in [0.25, 0.3) is 0 Å². The average molecular weight is 329 g/mol. The molecule has 0 radical (unpaired) electrons. The zero-order valence-corrected chi connectivity index (χ0v) is 13.8. The lowest BCUT2D eigenvalue weighted by Crippen LogP contribution is -2.68. The maximum absolute atomic E-state index is 12.7. The van der Waals surface area contributed by atoms with E-state index >= 15 is 0 Å². The third-order valence-corrected chi connectivity index (χ3v) is 4.63. The van der Waals surface area contributed by atoms with Crippen molar-refractivity contribution in [2.75, 3.05) is 0 Å². The Kier molecular flexibility index (Phi) is 4.49. The van der Waals surface area contributed by atoms with Crippen LogP contribution in [-0.4, -0.2) is 28.3 Å². The summed E-state index contributed by atoms with van der Waals surface area (Å²) in [6.07, 6.45) is 0.537. The summed E-state index contributed by atoms with van der Waals surface area (Å²) < 4.78 is 0. The first-order valence-electron chi connectivity index (χ1n) is 6.85. The maximum Gasteiger partial charge on any atom is 0.249 e. The average Bonchev–Trinajstić information content (AvgIpc) is 2.43. The van der Waals surface area contributed by atoms with Gasteiger partial charge in [-0.15, -0.1) is 0 Å². The predicted octanol–water partition coefficient (Wildman–Crippen LogP) is 3.01. The number of hydrogen-bond donors (Lipinski definition) is 1. The van der Waals surface area contributed by atoms with Gasteiger partial charge >= 0.3 is 0 Å². The first-order valence-corrected chi connectivity index (χ1v) is 7.61. The molecular formula is C15H18Cl2N2O2. The quantitative estimate of drug-likeness (QED) is 0.927. The standard InChI is InChI=1S/C15H18Cl2N2O2/c1-4-15(3)14(21)19(9(2)13(20)18-15)8-10-5-6-11(16)7-12(10)17/h5-7,9H,4,8H2,1-3H3,(H,18,20). The van der Waals surface area contributed by atoms with E-state index in [9.17, 15) is 9.59 Å². The summed E-state index contributed by atoms with van der Waals surface area (Å²) in [5.41, 5.74) is -0.0860. The van der Waals surface area contributed by atoms with Gasteiger partial charge in [0.1, 0.15) is 11.6 Å². The number of hydrogen-bond acceptors (Lipinski definition) is 2. The van der Waals surface area contributed by atoms with E-state index in [0.717, 1.165) is 5.56 Å². The van der Waals surface area contributed by atoms with Gasteiger partial charge in [-0.3, -0.25) is 9.59 Å². The second-order valence-corrected chi connectivity index (χ2v) is 6.36. The lowest BCUT2D eigenvalue weighted by Gasteiger charge is -2.43. The number of halogens is 2. The van der Waals surface area contributed by atoms with E-state index in [1.807, 2.05) is 6.92 Å². The highest BCUT2D eigenvalue weighted by molar-refractivity contribution is 6.35. The molecule has 1 aliphatic heterocycles. The lowest BCUT2D eigenvalue weighted by atomic mass is 9.92. The number of nitrogens with zero attached hydrogens (tertiary/aromatic N) is 1. The normalized spacial score (nSPS) is 26.0. The van der Waals surface area contributed by atoms with Gasteiger partial charge in [-0.1, -0.05) is 36.2 Å². The second-order valence-electron chi connectivity index (χ2n) is 5.52. The molecule has 2 atom stereocenters. The minimum absolute atomic E-state index is 0.0943. The summed E-state index contributed by atoms with van der Waals surface area (Å²) in [7, 11) is 0. The first-order chi connectivity index (χ1) is 9.78. The Bertz CT molecular complexity index is 591. The third kappa shape index (κ3) is 3.01. The largest absolute Gasteiger partial charge is 0.340 e. The highest BCUT2D eigenvalue weighted by Crippen LogP contribution is 2.27. The molecule has 1 aromatic carbocycles. The van der Waals surface area contributed by atoms with Gasteiger partial charge in [0.2, 0.25) is 11.8 Å². The summed E-state index contributed by atoms with van der Waals surface area (Å²) in [4.78, 5) is 26.3. The minimum Gasteiger partial charge on any atom is -0.340 e. The smallest absolute Gasteiger partial charge is 0.249 e. The molecule has 0 aromatic heterocycles. The molecular weight excluding hydrogens is 311 g/mol. The van der Waals surface area contributed by atoms with Crippen LogP contribution in [0, 0.1) is 0 Å². The fourth-order valence-corrected chi connectivity index (χ4v) is 2.81. The van der Waals surface area contributed by atoms with Gasteiger partial charge in [-0.2, -0.15) is 0 Å². The van der Waals surface area contributed by atoms with Crippen molar-refractivity contribution in [2.24, 2.45) is 0 Å². The summed E-state index contributed by atoms with van der Waals surface area (Å²) in [6, 6.07) is 4.61. The van der Waals surface area contributed by atoms with E-state index in [0.29, 0.717) is 23.0 Å². The monoisotopic (exact) mass is 328 g/mol. The molecule has 0 bridgehead atoms. The Morgan fingerprint density at radius 3 is 2.57 bits per heavy atom. The number of piperazine rings is 1. The molecule has 1 aliphatic rings. The molecule has 114 valence electrons. The van der Waals surface area contributed by atoms with Crippen LogP contribution in [0.25, 0.3) is 0 Å². The van der Waals surface area contributed by atoms with Crippen molar-refractivity contribution in [1.29, 1.82) is 0 Å². The Morgan fingerprint density at radius 2 is 2.00 bits per heavy atom. The maximum atomic E-state index is 12.7. The fourth-order valence-electron chi connectivity index (χ4n) is 2.35. The van der Waals surface area contributed by atoms with Crippen molar-refractivity contribution in [3.05, 3.63) is 33.8 Å². The van der Waals surface area contributed by atoms with Gasteiger partial charge in [0, 0.05) is 16.6 Å². The van der Waals surface area contributed by atoms with Gasteiger partial charge in [0.05, 0.1) is 0 Å². The zero-order chi connectivity index (χ0) is 15.8. The van der Waals surface area contributed by atoms with Crippen LogP contribution in [0.4, 0.5) is 0 Å².